The molecule has 1 aromatic heterocycles. The van der Waals surface area contributed by atoms with Crippen LogP contribution in [0.2, 0.25) is 5.02 Å². The van der Waals surface area contributed by atoms with Gasteiger partial charge in [-0.1, -0.05) is 161 Å². The first-order valence-electron chi connectivity index (χ1n) is 25.6. The molecule has 3 heterocycles. The van der Waals surface area contributed by atoms with Crippen LogP contribution in [0.1, 0.15) is 153 Å². The fourth-order valence-electron chi connectivity index (χ4n) is 14.2. The summed E-state index contributed by atoms with van der Waals surface area (Å²) in [5.41, 5.74) is 22.7. The quantitative estimate of drug-likeness (QED) is 0.159. The van der Waals surface area contributed by atoms with Crippen LogP contribution in [-0.4, -0.2) is 6.71 Å². The summed E-state index contributed by atoms with van der Waals surface area (Å²) in [5, 5.41) is 3.34. The summed E-state index contributed by atoms with van der Waals surface area (Å²) in [6.45, 7) is 29.5. The number of halogens is 1. The number of benzene rings is 7. The molecule has 0 fully saturated rings. The van der Waals surface area contributed by atoms with E-state index in [-0.39, 0.29) is 39.2 Å². The second kappa shape index (κ2) is 14.0. The predicted molar refractivity (Wildman–Crippen MR) is 300 cm³/mol. The van der Waals surface area contributed by atoms with Crippen LogP contribution < -0.4 is 26.2 Å². The van der Waals surface area contributed by atoms with Crippen LogP contribution >= 0.6 is 22.9 Å². The highest BCUT2D eigenvalue weighted by Gasteiger charge is 2.50. The first kappa shape index (κ1) is 43.7. The van der Waals surface area contributed by atoms with Gasteiger partial charge in [0.25, 0.3) is 6.71 Å². The molecule has 0 saturated heterocycles. The zero-order valence-electron chi connectivity index (χ0n) is 42.6. The number of hydrogen-bond acceptors (Lipinski definition) is 3. The van der Waals surface area contributed by atoms with Crippen molar-refractivity contribution >= 4 is 100 Å². The summed E-state index contributed by atoms with van der Waals surface area (Å²) in [5.74, 6) is 0. The SMILES string of the molecule is CC1(C)CCC(C)(C)c2cc(N3c4cc5c(cc4B4c6cc7c(cc6N(c6cccc8sc9ccccc9c68)c6cc(Cl)cc3c64)C(C)(C)c3ccccc3C7(C)C)C(C)(C)CCC5(C)C)ccc21. The van der Waals surface area contributed by atoms with E-state index in [4.69, 9.17) is 11.6 Å². The Morgan fingerprint density at radius 3 is 1.57 bits per heavy atom. The third kappa shape index (κ3) is 5.91. The molecule has 2 aliphatic heterocycles. The summed E-state index contributed by atoms with van der Waals surface area (Å²) in [4.78, 5) is 5.27. The van der Waals surface area contributed by atoms with E-state index in [0.717, 1.165) is 24.3 Å². The van der Waals surface area contributed by atoms with Crippen molar-refractivity contribution in [1.82, 2.24) is 0 Å². The van der Waals surface area contributed by atoms with Gasteiger partial charge in [0, 0.05) is 64.5 Å². The zero-order valence-corrected chi connectivity index (χ0v) is 44.2. The van der Waals surface area contributed by atoms with Crippen molar-refractivity contribution in [1.29, 1.82) is 0 Å². The molecule has 0 N–H and O–H groups in total. The normalized spacial score (nSPS) is 20.0. The fraction of sp³-hybridized carbons (Fsp3) is 0.344. The lowest BCUT2D eigenvalue weighted by Gasteiger charge is -2.49. The van der Waals surface area contributed by atoms with E-state index in [2.05, 4.69) is 214 Å². The first-order valence-corrected chi connectivity index (χ1v) is 26.8. The molecule has 346 valence electrons. The molecule has 0 unspecified atom stereocenters. The molecule has 5 heteroatoms. The topological polar surface area (TPSA) is 6.48 Å². The average Bonchev–Trinajstić information content (AvgIpc) is 3.70. The largest absolute Gasteiger partial charge is 0.311 e. The van der Waals surface area contributed by atoms with Crippen molar-refractivity contribution in [2.45, 2.75) is 141 Å². The Morgan fingerprint density at radius 2 is 0.913 bits per heavy atom. The van der Waals surface area contributed by atoms with E-state index in [1.165, 1.54) is 122 Å². The van der Waals surface area contributed by atoms with Gasteiger partial charge in [-0.2, -0.15) is 0 Å². The molecule has 0 saturated carbocycles. The van der Waals surface area contributed by atoms with Gasteiger partial charge in [-0.15, -0.1) is 11.3 Å². The molecule has 69 heavy (non-hydrogen) atoms. The van der Waals surface area contributed by atoms with Crippen LogP contribution in [0, 0.1) is 0 Å². The van der Waals surface area contributed by atoms with E-state index in [1.807, 2.05) is 11.3 Å². The number of fused-ring (bicyclic) bond motifs is 11. The summed E-state index contributed by atoms with van der Waals surface area (Å²) in [6, 6.07) is 47.8. The minimum atomic E-state index is -0.228. The van der Waals surface area contributed by atoms with Crippen molar-refractivity contribution in [2.24, 2.45) is 0 Å². The Labute approximate surface area is 419 Å². The van der Waals surface area contributed by atoms with E-state index in [1.54, 1.807) is 0 Å². The van der Waals surface area contributed by atoms with Crippen molar-refractivity contribution in [2.75, 3.05) is 9.80 Å². The Bertz CT molecular complexity index is 3560. The Kier molecular flexibility index (Phi) is 8.86. The minimum absolute atomic E-state index is 0.0263. The van der Waals surface area contributed by atoms with Crippen molar-refractivity contribution in [3.63, 3.8) is 0 Å². The smallest absolute Gasteiger partial charge is 0.252 e. The molecule has 8 aromatic rings. The molecule has 5 aliphatic rings. The number of anilines is 6. The van der Waals surface area contributed by atoms with Crippen molar-refractivity contribution < 1.29 is 0 Å². The summed E-state index contributed by atoms with van der Waals surface area (Å²) in [7, 11) is 0. The Balaban J connectivity index is 1.18. The van der Waals surface area contributed by atoms with Gasteiger partial charge in [-0.3, -0.25) is 0 Å². The first-order chi connectivity index (χ1) is 32.6. The van der Waals surface area contributed by atoms with Crippen LogP contribution in [0.5, 0.6) is 0 Å². The Hall–Kier alpha value is -5.29. The van der Waals surface area contributed by atoms with Gasteiger partial charge in [0.15, 0.2) is 0 Å². The molecule has 0 bridgehead atoms. The molecule has 2 nitrogen and oxygen atoms in total. The summed E-state index contributed by atoms with van der Waals surface area (Å²) >= 11 is 9.57. The maximum absolute atomic E-state index is 7.68. The molecule has 7 aromatic carbocycles. The predicted octanol–water partition coefficient (Wildman–Crippen LogP) is 16.5. The lowest BCUT2D eigenvalue weighted by atomic mass is 9.32. The average molecular weight is 940 g/mol. The van der Waals surface area contributed by atoms with Gasteiger partial charge in [0.05, 0.1) is 5.69 Å². The van der Waals surface area contributed by atoms with Crippen LogP contribution in [0.25, 0.3) is 20.2 Å². The van der Waals surface area contributed by atoms with Crippen LogP contribution in [0.15, 0.2) is 121 Å². The highest BCUT2D eigenvalue weighted by atomic mass is 35.5. The highest BCUT2D eigenvalue weighted by Crippen LogP contribution is 2.56. The fourth-order valence-corrected chi connectivity index (χ4v) is 15.5. The third-order valence-corrected chi connectivity index (χ3v) is 19.8. The van der Waals surface area contributed by atoms with Gasteiger partial charge >= 0.3 is 0 Å². The van der Waals surface area contributed by atoms with Gasteiger partial charge in [0.1, 0.15) is 0 Å². The molecule has 0 atom stereocenters. The minimum Gasteiger partial charge on any atom is -0.311 e. The Morgan fingerprint density at radius 1 is 0.420 bits per heavy atom. The molecule has 0 spiro atoms. The van der Waals surface area contributed by atoms with E-state index in [0.29, 0.717) is 0 Å². The van der Waals surface area contributed by atoms with E-state index < -0.39 is 0 Å². The lowest BCUT2D eigenvalue weighted by molar-refractivity contribution is 0.332. The molecule has 0 radical (unpaired) electrons. The summed E-state index contributed by atoms with van der Waals surface area (Å²) < 4.78 is 2.60. The van der Waals surface area contributed by atoms with Crippen LogP contribution in [0.4, 0.5) is 34.1 Å². The highest BCUT2D eigenvalue weighted by molar-refractivity contribution is 7.26. The number of thiophene rings is 1. The molecule has 3 aliphatic carbocycles. The summed E-state index contributed by atoms with van der Waals surface area (Å²) in [6.07, 6.45) is 4.66. The maximum atomic E-state index is 7.68. The van der Waals surface area contributed by atoms with E-state index >= 15 is 0 Å². The van der Waals surface area contributed by atoms with Gasteiger partial charge < -0.3 is 9.80 Å². The lowest BCUT2D eigenvalue weighted by Crippen LogP contribution is -2.62. The standard InChI is InChI=1S/C64H64BClN2S/c1-59(2)26-27-60(3,4)43-32-38(24-25-40(43)59)67-51-35-45-44(61(5,6)28-29-62(45,7)8)33-48(51)65-49-34-46-47(64(11,12)42-20-15-14-19-41(42)63(46,9)10)36-52(49)68(54-31-37(66)30-53(67)58(54)65)50-21-17-23-56-57(50)39-18-13-16-22-55(39)69-56/h13-25,30-36H,26-29H2,1-12H3. The molecule has 13 rings (SSSR count). The number of hydrogen-bond donors (Lipinski definition) is 0. The van der Waals surface area contributed by atoms with E-state index in [9.17, 15) is 0 Å². The van der Waals surface area contributed by atoms with Crippen LogP contribution in [0.3, 0.4) is 0 Å². The maximum Gasteiger partial charge on any atom is 0.252 e. The van der Waals surface area contributed by atoms with Gasteiger partial charge in [0.2, 0.25) is 0 Å². The van der Waals surface area contributed by atoms with Crippen molar-refractivity contribution in [3.05, 3.63) is 171 Å². The van der Waals surface area contributed by atoms with Crippen molar-refractivity contribution in [3.8, 4) is 0 Å². The monoisotopic (exact) mass is 938 g/mol. The second-order valence-electron chi connectivity index (χ2n) is 25.2. The van der Waals surface area contributed by atoms with Gasteiger partial charge in [-0.05, 0) is 163 Å². The number of rotatable bonds is 2. The zero-order chi connectivity index (χ0) is 48.1. The van der Waals surface area contributed by atoms with Crippen LogP contribution in [-0.2, 0) is 32.5 Å². The third-order valence-electron chi connectivity index (χ3n) is 18.5. The van der Waals surface area contributed by atoms with Gasteiger partial charge in [-0.25, -0.2) is 0 Å². The second-order valence-corrected chi connectivity index (χ2v) is 26.7. The molecule has 0 amide bonds. The number of nitrogens with zero attached hydrogens (tertiary/aromatic N) is 2. The molecular weight excluding hydrogens is 875 g/mol. The molecular formula is C64H64BClN2S.